The molecule has 1 aliphatic rings. The summed E-state index contributed by atoms with van der Waals surface area (Å²) in [5, 5.41) is 2.60. The molecule has 1 heterocycles. The highest BCUT2D eigenvalue weighted by Gasteiger charge is 2.21. The third kappa shape index (κ3) is 6.07. The maximum absolute atomic E-state index is 11.8. The van der Waals surface area contributed by atoms with Crippen molar-refractivity contribution >= 4 is 46.3 Å². The molecule has 2 aromatic rings. The Bertz CT molecular complexity index is 958. The van der Waals surface area contributed by atoms with Crippen LogP contribution in [0.4, 0.5) is 0 Å². The van der Waals surface area contributed by atoms with Crippen molar-refractivity contribution in [3.63, 3.8) is 0 Å². The van der Waals surface area contributed by atoms with Crippen molar-refractivity contribution in [2.75, 3.05) is 13.2 Å². The van der Waals surface area contributed by atoms with Gasteiger partial charge in [-0.1, -0.05) is 54.3 Å². The Balaban J connectivity index is 1.65. The number of thioether (sulfide) groups is 1. The molecule has 0 saturated carbocycles. The lowest BCUT2D eigenvalue weighted by Gasteiger charge is -2.12. The lowest BCUT2D eigenvalue weighted by molar-refractivity contribution is -0.145. The van der Waals surface area contributed by atoms with Crippen molar-refractivity contribution in [2.45, 2.75) is 13.5 Å². The van der Waals surface area contributed by atoms with Crippen molar-refractivity contribution in [1.82, 2.24) is 5.32 Å². The maximum Gasteiger partial charge on any atom is 0.344 e. The highest BCUT2D eigenvalue weighted by Crippen LogP contribution is 2.28. The fraction of sp³-hybridized carbons (Fsp3) is 0.190. The van der Waals surface area contributed by atoms with Crippen LogP contribution in [-0.4, -0.2) is 29.4 Å². The Kier molecular flexibility index (Phi) is 7.26. The number of hydrogen-bond acceptors (Lipinski definition) is 7. The first-order valence-electron chi connectivity index (χ1n) is 8.89. The van der Waals surface area contributed by atoms with E-state index in [9.17, 15) is 9.59 Å². The zero-order valence-electron chi connectivity index (χ0n) is 15.7. The van der Waals surface area contributed by atoms with Gasteiger partial charge >= 0.3 is 5.97 Å². The predicted octanol–water partition coefficient (Wildman–Crippen LogP) is 3.70. The van der Waals surface area contributed by atoms with Gasteiger partial charge in [-0.3, -0.25) is 4.79 Å². The Labute approximate surface area is 178 Å². The minimum atomic E-state index is -0.434. The van der Waals surface area contributed by atoms with Crippen LogP contribution in [0.3, 0.4) is 0 Å². The smallest absolute Gasteiger partial charge is 0.344 e. The molecule has 8 heteroatoms. The zero-order valence-corrected chi connectivity index (χ0v) is 17.3. The molecule has 0 unspecified atom stereocenters. The van der Waals surface area contributed by atoms with Crippen LogP contribution < -0.4 is 14.8 Å². The molecule has 6 nitrogen and oxygen atoms in total. The lowest BCUT2D eigenvalue weighted by atomic mass is 10.1. The largest absolute Gasteiger partial charge is 0.485 e. The molecular formula is C21H19NO5S2. The minimum absolute atomic E-state index is 0.182. The zero-order chi connectivity index (χ0) is 20.6. The van der Waals surface area contributed by atoms with Gasteiger partial charge in [-0.2, -0.15) is 0 Å². The van der Waals surface area contributed by atoms with Gasteiger partial charge < -0.3 is 19.5 Å². The number of esters is 1. The molecule has 0 aromatic heterocycles. The summed E-state index contributed by atoms with van der Waals surface area (Å²) in [6, 6.07) is 14.8. The standard InChI is InChI=1S/C21H19NO5S2/c1-2-25-19(23)13-27-17-9-4-3-8-16(17)26-12-15-7-5-6-14(10-15)11-18-20(24)22-21(28)29-18/h3-11H,2,12-13H2,1H3,(H,22,24,28). The predicted molar refractivity (Wildman–Crippen MR) is 116 cm³/mol. The van der Waals surface area contributed by atoms with Gasteiger partial charge in [0.15, 0.2) is 18.1 Å². The minimum Gasteiger partial charge on any atom is -0.485 e. The van der Waals surface area contributed by atoms with Crippen LogP contribution in [-0.2, 0) is 20.9 Å². The average molecular weight is 430 g/mol. The monoisotopic (exact) mass is 429 g/mol. The summed E-state index contributed by atoms with van der Waals surface area (Å²) in [6.07, 6.45) is 1.79. The number of amides is 1. The van der Waals surface area contributed by atoms with E-state index in [1.54, 1.807) is 31.2 Å². The summed E-state index contributed by atoms with van der Waals surface area (Å²) < 4.78 is 16.7. The topological polar surface area (TPSA) is 73.9 Å². The number of carbonyl (C=O) groups excluding carboxylic acids is 2. The Morgan fingerprint density at radius 2 is 1.90 bits per heavy atom. The van der Waals surface area contributed by atoms with Gasteiger partial charge in [-0.25, -0.2) is 4.79 Å². The van der Waals surface area contributed by atoms with Crippen molar-refractivity contribution in [2.24, 2.45) is 0 Å². The second-order valence-corrected chi connectivity index (χ2v) is 7.65. The van der Waals surface area contributed by atoms with E-state index < -0.39 is 5.97 Å². The second-order valence-electron chi connectivity index (χ2n) is 5.93. The molecular weight excluding hydrogens is 410 g/mol. The summed E-state index contributed by atoms with van der Waals surface area (Å²) in [5.74, 6) is 0.369. The summed E-state index contributed by atoms with van der Waals surface area (Å²) in [7, 11) is 0. The summed E-state index contributed by atoms with van der Waals surface area (Å²) >= 11 is 6.25. The quantitative estimate of drug-likeness (QED) is 0.390. The summed E-state index contributed by atoms with van der Waals surface area (Å²) in [4.78, 5) is 23.9. The van der Waals surface area contributed by atoms with Crippen molar-refractivity contribution in [3.8, 4) is 11.5 Å². The molecule has 2 aromatic carbocycles. The molecule has 0 spiro atoms. The van der Waals surface area contributed by atoms with Gasteiger partial charge in [0.1, 0.15) is 10.9 Å². The number of ether oxygens (including phenoxy) is 3. The molecule has 1 saturated heterocycles. The molecule has 3 rings (SSSR count). The molecule has 0 atom stereocenters. The third-order valence-corrected chi connectivity index (χ3v) is 4.95. The molecule has 0 aliphatic carbocycles. The highest BCUT2D eigenvalue weighted by molar-refractivity contribution is 8.26. The van der Waals surface area contributed by atoms with Crippen molar-refractivity contribution in [1.29, 1.82) is 0 Å². The van der Waals surface area contributed by atoms with Crippen LogP contribution in [0.25, 0.3) is 6.08 Å². The van der Waals surface area contributed by atoms with Gasteiger partial charge in [0.25, 0.3) is 5.91 Å². The molecule has 1 N–H and O–H groups in total. The lowest BCUT2D eigenvalue weighted by Crippen LogP contribution is -2.17. The molecule has 0 radical (unpaired) electrons. The number of para-hydroxylation sites is 2. The van der Waals surface area contributed by atoms with E-state index >= 15 is 0 Å². The van der Waals surface area contributed by atoms with Crippen LogP contribution in [0, 0.1) is 0 Å². The number of rotatable bonds is 8. The van der Waals surface area contributed by atoms with Gasteiger partial charge in [0.2, 0.25) is 0 Å². The molecule has 1 amide bonds. The first-order valence-corrected chi connectivity index (χ1v) is 10.1. The second kappa shape index (κ2) is 10.1. The fourth-order valence-corrected chi connectivity index (χ4v) is 3.58. The molecule has 1 aliphatic heterocycles. The average Bonchev–Trinajstić information content (AvgIpc) is 3.02. The van der Waals surface area contributed by atoms with E-state index in [2.05, 4.69) is 5.32 Å². The summed E-state index contributed by atoms with van der Waals surface area (Å²) in [6.45, 7) is 2.16. The normalized spacial score (nSPS) is 14.6. The molecule has 150 valence electrons. The first-order chi connectivity index (χ1) is 14.0. The van der Waals surface area contributed by atoms with E-state index in [-0.39, 0.29) is 12.5 Å². The van der Waals surface area contributed by atoms with Gasteiger partial charge in [0.05, 0.1) is 11.5 Å². The van der Waals surface area contributed by atoms with Crippen molar-refractivity contribution < 1.29 is 23.8 Å². The van der Waals surface area contributed by atoms with Gasteiger partial charge in [-0.15, -0.1) is 0 Å². The van der Waals surface area contributed by atoms with E-state index in [0.717, 1.165) is 11.1 Å². The van der Waals surface area contributed by atoms with Crippen molar-refractivity contribution in [3.05, 3.63) is 64.6 Å². The number of carbonyl (C=O) groups is 2. The van der Waals surface area contributed by atoms with Gasteiger partial charge in [-0.05, 0) is 42.3 Å². The Hall–Kier alpha value is -2.84. The van der Waals surface area contributed by atoms with Crippen LogP contribution in [0.15, 0.2) is 53.4 Å². The van der Waals surface area contributed by atoms with E-state index in [4.69, 9.17) is 26.4 Å². The van der Waals surface area contributed by atoms with Crippen LogP contribution >= 0.6 is 24.0 Å². The van der Waals surface area contributed by atoms with E-state index in [1.807, 2.05) is 30.3 Å². The number of hydrogen-bond donors (Lipinski definition) is 1. The van der Waals surface area contributed by atoms with E-state index in [1.165, 1.54) is 11.8 Å². The van der Waals surface area contributed by atoms with Crippen LogP contribution in [0.5, 0.6) is 11.5 Å². The van der Waals surface area contributed by atoms with Gasteiger partial charge in [0, 0.05) is 0 Å². The summed E-state index contributed by atoms with van der Waals surface area (Å²) in [5.41, 5.74) is 1.80. The Morgan fingerprint density at radius 1 is 1.14 bits per heavy atom. The molecule has 0 bridgehead atoms. The number of nitrogens with one attached hydrogen (secondary N) is 1. The maximum atomic E-state index is 11.8. The molecule has 29 heavy (non-hydrogen) atoms. The third-order valence-electron chi connectivity index (χ3n) is 3.79. The number of thiocarbonyl (C=S) groups is 1. The van der Waals surface area contributed by atoms with Crippen LogP contribution in [0.2, 0.25) is 0 Å². The Morgan fingerprint density at radius 3 is 2.59 bits per heavy atom. The number of benzene rings is 2. The highest BCUT2D eigenvalue weighted by atomic mass is 32.2. The molecule has 1 fully saturated rings. The van der Waals surface area contributed by atoms with Crippen LogP contribution in [0.1, 0.15) is 18.1 Å². The van der Waals surface area contributed by atoms with E-state index in [0.29, 0.717) is 33.9 Å². The SMILES string of the molecule is CCOC(=O)COc1ccccc1OCc1cccc(C=C2SC(=S)NC2=O)c1. The fourth-order valence-electron chi connectivity index (χ4n) is 2.53. The first kappa shape index (κ1) is 20.9.